The summed E-state index contributed by atoms with van der Waals surface area (Å²) >= 11 is 0. The van der Waals surface area contributed by atoms with Crippen LogP contribution in [0.5, 0.6) is 0 Å². The van der Waals surface area contributed by atoms with E-state index in [0.717, 1.165) is 5.56 Å². The Bertz CT molecular complexity index is 466. The van der Waals surface area contributed by atoms with Crippen molar-refractivity contribution in [2.45, 2.75) is 19.1 Å². The van der Waals surface area contributed by atoms with Gasteiger partial charge in [0.15, 0.2) is 0 Å². The second kappa shape index (κ2) is 7.39. The van der Waals surface area contributed by atoms with Crippen LogP contribution >= 0.6 is 0 Å². The van der Waals surface area contributed by atoms with Gasteiger partial charge in [0.1, 0.15) is 6.10 Å². The van der Waals surface area contributed by atoms with Crippen LogP contribution in [-0.2, 0) is 6.54 Å². The quantitative estimate of drug-likeness (QED) is 0.601. The highest BCUT2D eigenvalue weighted by molar-refractivity contribution is 5.94. The van der Waals surface area contributed by atoms with Gasteiger partial charge in [-0.2, -0.15) is 0 Å². The van der Waals surface area contributed by atoms with Crippen molar-refractivity contribution in [1.29, 1.82) is 0 Å². The van der Waals surface area contributed by atoms with Gasteiger partial charge in [-0.05, 0) is 17.7 Å². The molecule has 0 saturated carbocycles. The predicted molar refractivity (Wildman–Crippen MR) is 67.2 cm³/mol. The summed E-state index contributed by atoms with van der Waals surface area (Å²) in [5, 5.41) is 13.4. The van der Waals surface area contributed by atoms with Crippen LogP contribution in [0.15, 0.2) is 24.3 Å². The Hall–Kier alpha value is -2.22. The molecule has 0 aromatic heterocycles. The van der Waals surface area contributed by atoms with E-state index in [4.69, 9.17) is 10.8 Å². The molecule has 1 aromatic rings. The van der Waals surface area contributed by atoms with Crippen LogP contribution in [0.25, 0.3) is 0 Å². The molecular formula is C12H15F2N3O3. The van der Waals surface area contributed by atoms with Gasteiger partial charge >= 0.3 is 6.03 Å². The van der Waals surface area contributed by atoms with Crippen molar-refractivity contribution in [2.24, 2.45) is 5.73 Å². The maximum Gasteiger partial charge on any atom is 0.312 e. The molecule has 0 aliphatic rings. The minimum Gasteiger partial charge on any atom is -0.385 e. The predicted octanol–water partition coefficient (Wildman–Crippen LogP) is 0.211. The second-order valence-electron chi connectivity index (χ2n) is 4.03. The Balaban J connectivity index is 2.51. The summed E-state index contributed by atoms with van der Waals surface area (Å²) in [4.78, 5) is 22.1. The van der Waals surface area contributed by atoms with Crippen LogP contribution < -0.4 is 16.4 Å². The molecule has 0 heterocycles. The molecule has 0 saturated heterocycles. The van der Waals surface area contributed by atoms with Crippen LogP contribution in [0.1, 0.15) is 15.9 Å². The monoisotopic (exact) mass is 287 g/mol. The zero-order chi connectivity index (χ0) is 15.1. The van der Waals surface area contributed by atoms with Crippen molar-refractivity contribution in [3.8, 4) is 0 Å². The number of nitrogens with one attached hydrogen (secondary N) is 2. The van der Waals surface area contributed by atoms with Gasteiger partial charge in [0.05, 0.1) is 0 Å². The molecular weight excluding hydrogens is 272 g/mol. The van der Waals surface area contributed by atoms with Crippen LogP contribution in [0.3, 0.4) is 0 Å². The lowest BCUT2D eigenvalue weighted by molar-refractivity contribution is -0.00270. The lowest BCUT2D eigenvalue weighted by Gasteiger charge is -2.11. The number of carbonyl (C=O) groups excluding carboxylic acids is 2. The van der Waals surface area contributed by atoms with Gasteiger partial charge in [-0.3, -0.25) is 4.79 Å². The van der Waals surface area contributed by atoms with Gasteiger partial charge in [0.2, 0.25) is 0 Å². The molecule has 0 spiro atoms. The van der Waals surface area contributed by atoms with E-state index in [9.17, 15) is 18.4 Å². The maximum absolute atomic E-state index is 12.0. The molecule has 20 heavy (non-hydrogen) atoms. The summed E-state index contributed by atoms with van der Waals surface area (Å²) in [5.41, 5.74) is 5.90. The third-order valence-electron chi connectivity index (χ3n) is 2.45. The molecule has 8 heteroatoms. The molecule has 0 aliphatic heterocycles. The highest BCUT2D eigenvalue weighted by Gasteiger charge is 2.17. The summed E-state index contributed by atoms with van der Waals surface area (Å²) in [6.07, 6.45) is -4.80. The summed E-state index contributed by atoms with van der Waals surface area (Å²) in [5.74, 6) is -0.570. The molecule has 1 rings (SSSR count). The lowest BCUT2D eigenvalue weighted by atomic mass is 10.1. The smallest absolute Gasteiger partial charge is 0.312 e. The standard InChI is InChI=1S/C12H15F2N3O3/c13-10(14)9(18)6-16-11(19)8-3-1-7(2-4-8)5-17-12(15)20/h1-4,9-10,18H,5-6H2,(H,16,19)(H3,15,17,20). The van der Waals surface area contributed by atoms with Gasteiger partial charge in [-0.25, -0.2) is 13.6 Å². The Morgan fingerprint density at radius 1 is 1.20 bits per heavy atom. The lowest BCUT2D eigenvalue weighted by Crippen LogP contribution is -2.35. The topological polar surface area (TPSA) is 104 Å². The number of rotatable bonds is 6. The zero-order valence-corrected chi connectivity index (χ0v) is 10.5. The molecule has 0 fully saturated rings. The number of hydrogen-bond donors (Lipinski definition) is 4. The molecule has 110 valence electrons. The van der Waals surface area contributed by atoms with Gasteiger partial charge in [0, 0.05) is 18.7 Å². The van der Waals surface area contributed by atoms with Crippen molar-refractivity contribution in [3.05, 3.63) is 35.4 Å². The van der Waals surface area contributed by atoms with Crippen molar-refractivity contribution in [1.82, 2.24) is 10.6 Å². The maximum atomic E-state index is 12.0. The van der Waals surface area contributed by atoms with Crippen LogP contribution in [0.4, 0.5) is 13.6 Å². The fraction of sp³-hybridized carbons (Fsp3) is 0.333. The van der Waals surface area contributed by atoms with Crippen molar-refractivity contribution in [2.75, 3.05) is 6.54 Å². The van der Waals surface area contributed by atoms with E-state index in [1.165, 1.54) is 12.1 Å². The SMILES string of the molecule is NC(=O)NCc1ccc(C(=O)NCC(O)C(F)F)cc1. The number of amides is 3. The van der Waals surface area contributed by atoms with Gasteiger partial charge in [0.25, 0.3) is 12.3 Å². The first-order valence-corrected chi connectivity index (χ1v) is 5.77. The molecule has 1 unspecified atom stereocenters. The normalized spacial score (nSPS) is 12.0. The molecule has 1 atom stereocenters. The summed E-state index contributed by atoms with van der Waals surface area (Å²) in [7, 11) is 0. The first-order chi connectivity index (χ1) is 9.40. The van der Waals surface area contributed by atoms with E-state index in [2.05, 4.69) is 10.6 Å². The minimum absolute atomic E-state index is 0.224. The average Bonchev–Trinajstić information content (AvgIpc) is 2.42. The number of aliphatic hydroxyl groups excluding tert-OH is 1. The van der Waals surface area contributed by atoms with Gasteiger partial charge < -0.3 is 21.5 Å². The molecule has 0 aliphatic carbocycles. The molecule has 6 nitrogen and oxygen atoms in total. The third-order valence-corrected chi connectivity index (χ3v) is 2.45. The van der Waals surface area contributed by atoms with E-state index in [1.807, 2.05) is 0 Å². The summed E-state index contributed by atoms with van der Waals surface area (Å²) in [6, 6.07) is 5.47. The first-order valence-electron chi connectivity index (χ1n) is 5.77. The van der Waals surface area contributed by atoms with Crippen LogP contribution in [0.2, 0.25) is 0 Å². The molecule has 0 bridgehead atoms. The molecule has 5 N–H and O–H groups in total. The Morgan fingerprint density at radius 2 is 1.80 bits per heavy atom. The number of aliphatic hydroxyl groups is 1. The van der Waals surface area contributed by atoms with Crippen LogP contribution in [0, 0.1) is 0 Å². The number of nitrogens with two attached hydrogens (primary N) is 1. The average molecular weight is 287 g/mol. The van der Waals surface area contributed by atoms with Crippen molar-refractivity contribution >= 4 is 11.9 Å². The highest BCUT2D eigenvalue weighted by Crippen LogP contribution is 2.05. The molecule has 1 aromatic carbocycles. The number of alkyl halides is 2. The first kappa shape index (κ1) is 15.8. The second-order valence-corrected chi connectivity index (χ2v) is 4.03. The number of halogens is 2. The summed E-state index contributed by atoms with van der Waals surface area (Å²) in [6.45, 7) is -0.303. The zero-order valence-electron chi connectivity index (χ0n) is 10.5. The highest BCUT2D eigenvalue weighted by atomic mass is 19.3. The Labute approximate surface area is 114 Å². The number of hydrogen-bond acceptors (Lipinski definition) is 3. The van der Waals surface area contributed by atoms with E-state index < -0.39 is 31.0 Å². The fourth-order valence-electron chi connectivity index (χ4n) is 1.35. The Kier molecular flexibility index (Phi) is 5.85. The van der Waals surface area contributed by atoms with Crippen molar-refractivity contribution in [3.63, 3.8) is 0 Å². The van der Waals surface area contributed by atoms with Crippen LogP contribution in [-0.4, -0.2) is 36.1 Å². The number of primary amides is 1. The molecule has 0 radical (unpaired) electrons. The number of benzene rings is 1. The Morgan fingerprint density at radius 3 is 2.30 bits per heavy atom. The third kappa shape index (κ3) is 5.19. The number of urea groups is 1. The molecule has 3 amide bonds. The van der Waals surface area contributed by atoms with Crippen molar-refractivity contribution < 1.29 is 23.5 Å². The fourth-order valence-corrected chi connectivity index (χ4v) is 1.35. The van der Waals surface area contributed by atoms with Gasteiger partial charge in [-0.15, -0.1) is 0 Å². The van der Waals surface area contributed by atoms with E-state index in [1.54, 1.807) is 12.1 Å². The summed E-state index contributed by atoms with van der Waals surface area (Å²) < 4.78 is 24.1. The van der Waals surface area contributed by atoms with E-state index >= 15 is 0 Å². The van der Waals surface area contributed by atoms with E-state index in [-0.39, 0.29) is 12.1 Å². The minimum atomic E-state index is -2.91. The largest absolute Gasteiger partial charge is 0.385 e. The van der Waals surface area contributed by atoms with Gasteiger partial charge in [-0.1, -0.05) is 12.1 Å². The number of carbonyl (C=O) groups is 2. The van der Waals surface area contributed by atoms with E-state index in [0.29, 0.717) is 0 Å².